The number of nitrogens with one attached hydrogen (secondary N) is 1. The Balaban J connectivity index is 2.01. The molecule has 30 heavy (non-hydrogen) atoms. The van der Waals surface area contributed by atoms with Gasteiger partial charge in [0.05, 0.1) is 6.73 Å². The number of hydrogen-bond donors (Lipinski definition) is 4. The molecule has 5 heteroatoms. The third-order valence-electron chi connectivity index (χ3n) is 4.83. The van der Waals surface area contributed by atoms with E-state index in [9.17, 15) is 10.2 Å². The molecule has 3 aromatic carbocycles. The van der Waals surface area contributed by atoms with Crippen LogP contribution < -0.4 is 10.1 Å². The summed E-state index contributed by atoms with van der Waals surface area (Å²) in [4.78, 5) is 0. The highest BCUT2D eigenvalue weighted by Gasteiger charge is 2.13. The summed E-state index contributed by atoms with van der Waals surface area (Å²) < 4.78 is 5.70. The minimum atomic E-state index is -0.0693. The maximum atomic E-state index is 9.73. The largest absolute Gasteiger partial charge is 0.508 e. The molecule has 0 atom stereocenters. The zero-order valence-electron chi connectivity index (χ0n) is 17.0. The predicted molar refractivity (Wildman–Crippen MR) is 119 cm³/mol. The summed E-state index contributed by atoms with van der Waals surface area (Å²) in [6, 6.07) is 22.3. The molecule has 0 heterocycles. The SMILES string of the molecule is CCC(=C(c1ccc(O)cc1)c1ccc(OCCNCO)cc1)c1ccc(O)cc1. The van der Waals surface area contributed by atoms with Crippen molar-refractivity contribution >= 4 is 11.1 Å². The van der Waals surface area contributed by atoms with Crippen LogP contribution in [0.15, 0.2) is 72.8 Å². The minimum absolute atomic E-state index is 0.0693. The molecule has 5 nitrogen and oxygen atoms in total. The molecule has 0 aromatic heterocycles. The lowest BCUT2D eigenvalue weighted by molar-refractivity contribution is 0.238. The van der Waals surface area contributed by atoms with Gasteiger partial charge in [-0.3, -0.25) is 5.32 Å². The molecule has 0 aliphatic heterocycles. The number of rotatable bonds is 9. The van der Waals surface area contributed by atoms with E-state index in [2.05, 4.69) is 12.2 Å². The van der Waals surface area contributed by atoms with Crippen LogP contribution in [-0.4, -0.2) is 35.2 Å². The van der Waals surface area contributed by atoms with Crippen LogP contribution in [0.5, 0.6) is 17.2 Å². The van der Waals surface area contributed by atoms with Crippen LogP contribution in [0, 0.1) is 0 Å². The van der Waals surface area contributed by atoms with E-state index in [1.165, 1.54) is 0 Å². The second-order valence-electron chi connectivity index (χ2n) is 6.83. The first-order valence-electron chi connectivity index (χ1n) is 9.99. The second-order valence-corrected chi connectivity index (χ2v) is 6.83. The molecule has 0 saturated heterocycles. The van der Waals surface area contributed by atoms with E-state index in [0.717, 1.165) is 40.0 Å². The quantitative estimate of drug-likeness (QED) is 0.241. The average Bonchev–Trinajstić information content (AvgIpc) is 2.77. The zero-order chi connectivity index (χ0) is 21.3. The van der Waals surface area contributed by atoms with Crippen LogP contribution in [0.1, 0.15) is 30.0 Å². The predicted octanol–water partition coefficient (Wildman–Crippen LogP) is 4.39. The lowest BCUT2D eigenvalue weighted by Gasteiger charge is -2.17. The molecule has 4 N–H and O–H groups in total. The molecule has 0 amide bonds. The number of phenolic OH excluding ortho intramolecular Hbond substituents is 2. The van der Waals surface area contributed by atoms with E-state index in [0.29, 0.717) is 13.2 Å². The number of phenols is 2. The number of aromatic hydroxyl groups is 2. The standard InChI is InChI=1S/C25H27NO4/c1-2-24(18-3-9-21(28)10-4-18)25(19-5-11-22(29)12-6-19)20-7-13-23(14-8-20)30-16-15-26-17-27/h3-14,26-29H,2,15-17H2,1H3. The Morgan fingerprint density at radius 3 is 1.77 bits per heavy atom. The van der Waals surface area contributed by atoms with Gasteiger partial charge in [-0.2, -0.15) is 0 Å². The van der Waals surface area contributed by atoms with Gasteiger partial charge >= 0.3 is 0 Å². The number of benzene rings is 3. The van der Waals surface area contributed by atoms with E-state index in [4.69, 9.17) is 9.84 Å². The maximum absolute atomic E-state index is 9.73. The van der Waals surface area contributed by atoms with Crippen LogP contribution >= 0.6 is 0 Å². The number of hydrogen-bond acceptors (Lipinski definition) is 5. The van der Waals surface area contributed by atoms with E-state index in [1.807, 2.05) is 48.5 Å². The molecule has 156 valence electrons. The monoisotopic (exact) mass is 405 g/mol. The molecule has 3 rings (SSSR count). The lowest BCUT2D eigenvalue weighted by Crippen LogP contribution is -2.21. The van der Waals surface area contributed by atoms with Gasteiger partial charge in [0.2, 0.25) is 0 Å². The first-order valence-corrected chi connectivity index (χ1v) is 9.99. The Morgan fingerprint density at radius 1 is 0.767 bits per heavy atom. The molecular formula is C25H27NO4. The van der Waals surface area contributed by atoms with Crippen molar-refractivity contribution in [3.8, 4) is 17.2 Å². The molecule has 0 aliphatic rings. The smallest absolute Gasteiger partial charge is 0.119 e. The van der Waals surface area contributed by atoms with Crippen molar-refractivity contribution in [3.63, 3.8) is 0 Å². The van der Waals surface area contributed by atoms with Gasteiger partial charge in [-0.25, -0.2) is 0 Å². The summed E-state index contributed by atoms with van der Waals surface area (Å²) >= 11 is 0. The second kappa shape index (κ2) is 10.5. The maximum Gasteiger partial charge on any atom is 0.119 e. The molecule has 0 radical (unpaired) electrons. The molecular weight excluding hydrogens is 378 g/mol. The van der Waals surface area contributed by atoms with E-state index < -0.39 is 0 Å². The molecule has 0 aliphatic carbocycles. The van der Waals surface area contributed by atoms with Crippen molar-refractivity contribution in [2.75, 3.05) is 19.9 Å². The summed E-state index contributed by atoms with van der Waals surface area (Å²) in [5, 5.41) is 31.0. The van der Waals surface area contributed by atoms with Crippen molar-refractivity contribution in [2.24, 2.45) is 0 Å². The van der Waals surface area contributed by atoms with E-state index in [-0.39, 0.29) is 18.2 Å². The van der Waals surface area contributed by atoms with Gasteiger partial charge in [-0.15, -0.1) is 0 Å². The fourth-order valence-electron chi connectivity index (χ4n) is 3.37. The molecule has 0 fully saturated rings. The van der Waals surface area contributed by atoms with E-state index >= 15 is 0 Å². The van der Waals surface area contributed by atoms with Crippen molar-refractivity contribution in [1.29, 1.82) is 0 Å². The van der Waals surface area contributed by atoms with Crippen molar-refractivity contribution in [2.45, 2.75) is 13.3 Å². The normalized spacial score (nSPS) is 11.8. The average molecular weight is 405 g/mol. The molecule has 3 aromatic rings. The van der Waals surface area contributed by atoms with E-state index in [1.54, 1.807) is 24.3 Å². The van der Waals surface area contributed by atoms with Gasteiger partial charge in [0, 0.05) is 6.54 Å². The Hall–Kier alpha value is -3.28. The Kier molecular flexibility index (Phi) is 7.49. The van der Waals surface area contributed by atoms with Crippen LogP contribution in [0.4, 0.5) is 0 Å². The summed E-state index contributed by atoms with van der Waals surface area (Å²) in [5.41, 5.74) is 5.27. The molecule has 0 bridgehead atoms. The van der Waals surface area contributed by atoms with Crippen LogP contribution in [0.3, 0.4) is 0 Å². The number of aliphatic hydroxyl groups is 1. The number of aliphatic hydroxyl groups excluding tert-OH is 1. The fourth-order valence-corrected chi connectivity index (χ4v) is 3.37. The summed E-state index contributed by atoms with van der Waals surface area (Å²) in [6.07, 6.45) is 0.798. The van der Waals surface area contributed by atoms with Gasteiger partial charge in [-0.05, 0) is 70.7 Å². The topological polar surface area (TPSA) is 82.0 Å². The zero-order valence-corrected chi connectivity index (χ0v) is 17.0. The highest BCUT2D eigenvalue weighted by Crippen LogP contribution is 2.36. The first kappa shape index (κ1) is 21.4. The lowest BCUT2D eigenvalue weighted by atomic mass is 9.88. The first-order chi connectivity index (χ1) is 14.6. The van der Waals surface area contributed by atoms with Crippen molar-refractivity contribution in [1.82, 2.24) is 5.32 Å². The van der Waals surface area contributed by atoms with Crippen molar-refractivity contribution in [3.05, 3.63) is 89.5 Å². The Bertz CT molecular complexity index is 962. The van der Waals surface area contributed by atoms with Gasteiger partial charge < -0.3 is 20.1 Å². The third-order valence-corrected chi connectivity index (χ3v) is 4.83. The van der Waals surface area contributed by atoms with Gasteiger partial charge in [0.25, 0.3) is 0 Å². The number of allylic oxidation sites excluding steroid dienone is 1. The molecule has 0 unspecified atom stereocenters. The summed E-state index contributed by atoms with van der Waals surface area (Å²) in [5.74, 6) is 1.21. The van der Waals surface area contributed by atoms with Gasteiger partial charge in [0.1, 0.15) is 23.9 Å². The summed E-state index contributed by atoms with van der Waals surface area (Å²) in [7, 11) is 0. The highest BCUT2D eigenvalue weighted by molar-refractivity contribution is 5.98. The van der Waals surface area contributed by atoms with Gasteiger partial charge in [0.15, 0.2) is 0 Å². The van der Waals surface area contributed by atoms with Crippen LogP contribution in [0.25, 0.3) is 11.1 Å². The summed E-state index contributed by atoms with van der Waals surface area (Å²) in [6.45, 7) is 3.07. The van der Waals surface area contributed by atoms with Crippen LogP contribution in [-0.2, 0) is 0 Å². The minimum Gasteiger partial charge on any atom is -0.508 e. The van der Waals surface area contributed by atoms with Crippen LogP contribution in [0.2, 0.25) is 0 Å². The number of ether oxygens (including phenoxy) is 1. The Morgan fingerprint density at radius 2 is 1.27 bits per heavy atom. The van der Waals surface area contributed by atoms with Gasteiger partial charge in [-0.1, -0.05) is 43.3 Å². The van der Waals surface area contributed by atoms with Crippen molar-refractivity contribution < 1.29 is 20.1 Å². The highest BCUT2D eigenvalue weighted by atomic mass is 16.5. The fraction of sp³-hybridized carbons (Fsp3) is 0.200. The third kappa shape index (κ3) is 5.41. The molecule has 0 spiro atoms. The molecule has 0 saturated carbocycles. The Labute approximate surface area is 176 Å².